The van der Waals surface area contributed by atoms with Gasteiger partial charge in [0.05, 0.1) is 0 Å². The molecule has 2 N–H and O–H groups in total. The molecule has 0 aliphatic heterocycles. The third kappa shape index (κ3) is 2.29. The molecule has 0 heterocycles. The summed E-state index contributed by atoms with van der Waals surface area (Å²) in [6, 6.07) is 6.72. The number of hydrogen-bond donors (Lipinski definition) is 1. The lowest BCUT2D eigenvalue weighted by Crippen LogP contribution is -2.55. The number of hydrogen-bond acceptors (Lipinski definition) is 2. The number of benzene rings is 1. The summed E-state index contributed by atoms with van der Waals surface area (Å²) in [5.74, 6) is -0.183. The molecule has 0 radical (unpaired) electrons. The molecule has 0 spiro atoms. The Hall–Kier alpha value is -0.930. The monoisotopic (exact) mass is 250 g/mol. The van der Waals surface area contributed by atoms with E-state index in [0.717, 1.165) is 12.1 Å². The van der Waals surface area contributed by atoms with E-state index in [0.29, 0.717) is 12.0 Å². The van der Waals surface area contributed by atoms with Crippen molar-refractivity contribution >= 4 is 0 Å². The third-order valence-electron chi connectivity index (χ3n) is 4.87. The van der Waals surface area contributed by atoms with Gasteiger partial charge in [-0.15, -0.1) is 0 Å². The van der Waals surface area contributed by atoms with Crippen molar-refractivity contribution in [3.05, 3.63) is 35.6 Å². The highest BCUT2D eigenvalue weighted by Gasteiger charge is 2.54. The summed E-state index contributed by atoms with van der Waals surface area (Å²) in [5.41, 5.74) is 7.48. The molecular weight excluding hydrogens is 227 g/mol. The van der Waals surface area contributed by atoms with Crippen LogP contribution in [0.2, 0.25) is 0 Å². The fourth-order valence-corrected chi connectivity index (χ4v) is 2.63. The fraction of sp³-hybridized carbons (Fsp3) is 0.600. The summed E-state index contributed by atoms with van der Waals surface area (Å²) in [7, 11) is 2.11. The Balaban J connectivity index is 2.11. The van der Waals surface area contributed by atoms with E-state index in [1.54, 1.807) is 0 Å². The minimum absolute atomic E-state index is 0.0153. The van der Waals surface area contributed by atoms with E-state index in [2.05, 4.69) is 25.8 Å². The lowest BCUT2D eigenvalue weighted by Gasteiger charge is -2.43. The smallest absolute Gasteiger partial charge is 0.123 e. The minimum atomic E-state index is -0.183. The molecule has 0 aromatic heterocycles. The summed E-state index contributed by atoms with van der Waals surface area (Å²) in [6.45, 7) is 6.01. The topological polar surface area (TPSA) is 29.3 Å². The van der Waals surface area contributed by atoms with Crippen LogP contribution in [0.5, 0.6) is 0 Å². The van der Waals surface area contributed by atoms with Gasteiger partial charge >= 0.3 is 0 Å². The molecule has 0 bridgehead atoms. The van der Waals surface area contributed by atoms with Crippen molar-refractivity contribution in [3.63, 3.8) is 0 Å². The highest BCUT2D eigenvalue weighted by molar-refractivity contribution is 5.17. The lowest BCUT2D eigenvalue weighted by molar-refractivity contribution is 0.0659. The van der Waals surface area contributed by atoms with Crippen LogP contribution in [0.3, 0.4) is 0 Å². The van der Waals surface area contributed by atoms with Crippen LogP contribution >= 0.6 is 0 Å². The number of likely N-dealkylation sites (N-methyl/N-ethyl adjacent to an activating group) is 1. The Labute approximate surface area is 109 Å². The summed E-state index contributed by atoms with van der Waals surface area (Å²) in [6.07, 6.45) is 2.49. The molecule has 1 fully saturated rings. The number of halogens is 1. The summed E-state index contributed by atoms with van der Waals surface area (Å²) in [5, 5.41) is 0. The second-order valence-corrected chi connectivity index (χ2v) is 6.02. The zero-order chi connectivity index (χ0) is 13.4. The van der Waals surface area contributed by atoms with E-state index in [-0.39, 0.29) is 11.4 Å². The molecule has 2 nitrogen and oxygen atoms in total. The molecule has 2 rings (SSSR count). The van der Waals surface area contributed by atoms with Gasteiger partial charge in [0.15, 0.2) is 0 Å². The van der Waals surface area contributed by atoms with Gasteiger partial charge in [-0.1, -0.05) is 19.1 Å². The van der Waals surface area contributed by atoms with Gasteiger partial charge in [-0.2, -0.15) is 0 Å². The molecule has 1 unspecified atom stereocenters. The van der Waals surface area contributed by atoms with E-state index in [1.807, 2.05) is 12.1 Å². The van der Waals surface area contributed by atoms with Crippen molar-refractivity contribution in [2.24, 2.45) is 11.1 Å². The summed E-state index contributed by atoms with van der Waals surface area (Å²) in [4.78, 5) is 2.31. The van der Waals surface area contributed by atoms with Gasteiger partial charge in [0.2, 0.25) is 0 Å². The van der Waals surface area contributed by atoms with E-state index in [9.17, 15) is 4.39 Å². The first-order valence-corrected chi connectivity index (χ1v) is 6.57. The Morgan fingerprint density at radius 2 is 1.89 bits per heavy atom. The van der Waals surface area contributed by atoms with Crippen molar-refractivity contribution in [1.29, 1.82) is 0 Å². The normalized spacial score (nSPS) is 20.8. The first-order chi connectivity index (χ1) is 8.41. The zero-order valence-electron chi connectivity index (χ0n) is 11.5. The molecule has 1 aliphatic carbocycles. The van der Waals surface area contributed by atoms with Gasteiger partial charge < -0.3 is 5.73 Å². The first kappa shape index (κ1) is 13.5. The highest BCUT2D eigenvalue weighted by Crippen LogP contribution is 2.55. The van der Waals surface area contributed by atoms with Gasteiger partial charge in [-0.25, -0.2) is 4.39 Å². The Morgan fingerprint density at radius 1 is 1.33 bits per heavy atom. The van der Waals surface area contributed by atoms with Gasteiger partial charge in [-0.05, 0) is 49.9 Å². The predicted molar refractivity (Wildman–Crippen MR) is 72.7 cm³/mol. The van der Waals surface area contributed by atoms with Crippen molar-refractivity contribution in [2.45, 2.75) is 38.8 Å². The number of rotatable bonds is 5. The lowest BCUT2D eigenvalue weighted by atomic mass is 9.82. The Morgan fingerprint density at radius 3 is 2.33 bits per heavy atom. The van der Waals surface area contributed by atoms with Crippen molar-refractivity contribution in [2.75, 3.05) is 13.6 Å². The third-order valence-corrected chi connectivity index (χ3v) is 4.87. The van der Waals surface area contributed by atoms with Crippen LogP contribution in [0.15, 0.2) is 24.3 Å². The molecule has 0 amide bonds. The molecule has 100 valence electrons. The van der Waals surface area contributed by atoms with Crippen LogP contribution in [-0.2, 0) is 6.54 Å². The maximum atomic E-state index is 12.9. The maximum Gasteiger partial charge on any atom is 0.123 e. The second kappa shape index (κ2) is 4.63. The summed E-state index contributed by atoms with van der Waals surface area (Å²) < 4.78 is 12.9. The van der Waals surface area contributed by atoms with Crippen molar-refractivity contribution < 1.29 is 4.39 Å². The van der Waals surface area contributed by atoms with E-state index >= 15 is 0 Å². The van der Waals surface area contributed by atoms with E-state index < -0.39 is 0 Å². The van der Waals surface area contributed by atoms with Gasteiger partial charge in [0.1, 0.15) is 5.82 Å². The fourth-order valence-electron chi connectivity index (χ4n) is 2.63. The molecule has 1 aromatic carbocycles. The zero-order valence-corrected chi connectivity index (χ0v) is 11.5. The highest BCUT2D eigenvalue weighted by atomic mass is 19.1. The van der Waals surface area contributed by atoms with Crippen LogP contribution < -0.4 is 5.73 Å². The standard InChI is InChI=1S/C15H23FN2/c1-14(8-9-14)15(2,11-17)18(3)10-12-4-6-13(16)7-5-12/h4-7H,8-11,17H2,1-3H3. The van der Waals surface area contributed by atoms with E-state index in [4.69, 9.17) is 5.73 Å². The molecule has 1 aliphatic rings. The SMILES string of the molecule is CN(Cc1ccc(F)cc1)C(C)(CN)C1(C)CC1. The molecule has 0 saturated heterocycles. The molecule has 1 saturated carbocycles. The molecule has 3 heteroatoms. The average Bonchev–Trinajstić information content (AvgIpc) is 3.10. The predicted octanol–water partition coefficient (Wildman–Crippen LogP) is 2.78. The van der Waals surface area contributed by atoms with Crippen LogP contribution in [0.1, 0.15) is 32.3 Å². The first-order valence-electron chi connectivity index (χ1n) is 6.57. The van der Waals surface area contributed by atoms with Crippen LogP contribution in [-0.4, -0.2) is 24.0 Å². The second-order valence-electron chi connectivity index (χ2n) is 6.02. The van der Waals surface area contributed by atoms with Gasteiger partial charge in [0.25, 0.3) is 0 Å². The minimum Gasteiger partial charge on any atom is -0.329 e. The maximum absolute atomic E-state index is 12.9. The Bertz CT molecular complexity index is 411. The average molecular weight is 250 g/mol. The number of nitrogens with two attached hydrogens (primary N) is 1. The van der Waals surface area contributed by atoms with Crippen LogP contribution in [0.4, 0.5) is 4.39 Å². The molecule has 1 atom stereocenters. The van der Waals surface area contributed by atoms with Gasteiger partial charge in [-0.3, -0.25) is 4.90 Å². The van der Waals surface area contributed by atoms with Crippen LogP contribution in [0, 0.1) is 11.2 Å². The Kier molecular flexibility index (Phi) is 3.47. The van der Waals surface area contributed by atoms with Crippen LogP contribution in [0.25, 0.3) is 0 Å². The largest absolute Gasteiger partial charge is 0.329 e. The molecular formula is C15H23FN2. The summed E-state index contributed by atoms with van der Waals surface area (Å²) >= 11 is 0. The molecule has 1 aromatic rings. The van der Waals surface area contributed by atoms with Crippen molar-refractivity contribution in [1.82, 2.24) is 4.90 Å². The van der Waals surface area contributed by atoms with Gasteiger partial charge in [0, 0.05) is 18.6 Å². The number of nitrogens with zero attached hydrogens (tertiary/aromatic N) is 1. The molecule has 18 heavy (non-hydrogen) atoms. The quantitative estimate of drug-likeness (QED) is 0.870. The van der Waals surface area contributed by atoms with E-state index in [1.165, 1.54) is 25.0 Å². The van der Waals surface area contributed by atoms with Crippen molar-refractivity contribution in [3.8, 4) is 0 Å².